The summed E-state index contributed by atoms with van der Waals surface area (Å²) in [5, 5.41) is 0.00845. The van der Waals surface area contributed by atoms with Gasteiger partial charge in [-0.1, -0.05) is 23.7 Å². The van der Waals surface area contributed by atoms with Crippen molar-refractivity contribution in [2.75, 3.05) is 0 Å². The molecule has 0 fully saturated rings. The van der Waals surface area contributed by atoms with Crippen molar-refractivity contribution in [1.29, 1.82) is 0 Å². The summed E-state index contributed by atoms with van der Waals surface area (Å²) < 4.78 is 78.4. The highest BCUT2D eigenvalue weighted by molar-refractivity contribution is 6.29. The number of nitrogens with zero attached hydrogens (tertiary/aromatic N) is 3. The molecule has 0 saturated heterocycles. The van der Waals surface area contributed by atoms with E-state index in [0.29, 0.717) is 6.07 Å². The third-order valence-electron chi connectivity index (χ3n) is 3.49. The van der Waals surface area contributed by atoms with Gasteiger partial charge < -0.3 is 0 Å². The second kappa shape index (κ2) is 6.80. The van der Waals surface area contributed by atoms with Crippen LogP contribution in [-0.4, -0.2) is 15.0 Å². The fourth-order valence-corrected chi connectivity index (χ4v) is 2.44. The molecule has 3 aromatic rings. The number of hydrogen-bond donors (Lipinski definition) is 0. The van der Waals surface area contributed by atoms with Gasteiger partial charge in [-0.3, -0.25) is 0 Å². The molecule has 0 aliphatic rings. The lowest BCUT2D eigenvalue weighted by Gasteiger charge is -2.12. The number of halogens is 7. The quantitative estimate of drug-likeness (QED) is 0.395. The van der Waals surface area contributed by atoms with E-state index in [1.807, 2.05) is 0 Å². The smallest absolute Gasteiger partial charge is 0.245 e. The van der Waals surface area contributed by atoms with Gasteiger partial charge in [0.2, 0.25) is 0 Å². The van der Waals surface area contributed by atoms with Crippen LogP contribution in [0.15, 0.2) is 48.7 Å². The summed E-state index contributed by atoms with van der Waals surface area (Å²) in [6, 6.07) is 7.08. The number of alkyl halides is 6. The van der Waals surface area contributed by atoms with E-state index in [-0.39, 0.29) is 27.8 Å². The van der Waals surface area contributed by atoms with Gasteiger partial charge in [0, 0.05) is 17.3 Å². The van der Waals surface area contributed by atoms with E-state index in [4.69, 9.17) is 11.6 Å². The zero-order valence-electron chi connectivity index (χ0n) is 13.1. The summed E-state index contributed by atoms with van der Waals surface area (Å²) >= 11 is 5.74. The monoisotopic (exact) mass is 403 g/mol. The fourth-order valence-electron chi connectivity index (χ4n) is 2.27. The molecule has 0 aliphatic carbocycles. The third kappa shape index (κ3) is 4.36. The van der Waals surface area contributed by atoms with Gasteiger partial charge in [-0.05, 0) is 30.3 Å². The van der Waals surface area contributed by atoms with Crippen molar-refractivity contribution in [3.63, 3.8) is 0 Å². The van der Waals surface area contributed by atoms with E-state index in [1.54, 1.807) is 0 Å². The van der Waals surface area contributed by atoms with Crippen LogP contribution in [0.2, 0.25) is 5.15 Å². The van der Waals surface area contributed by atoms with E-state index in [2.05, 4.69) is 15.0 Å². The SMILES string of the molecule is FC(F)(F)c1cccc(-c2cc(C(F)(F)F)nc(-c3ccnc(Cl)c3)n2)c1. The van der Waals surface area contributed by atoms with Gasteiger partial charge in [0.25, 0.3) is 0 Å². The van der Waals surface area contributed by atoms with Crippen LogP contribution >= 0.6 is 11.6 Å². The molecule has 0 radical (unpaired) electrons. The van der Waals surface area contributed by atoms with Crippen molar-refractivity contribution < 1.29 is 26.3 Å². The van der Waals surface area contributed by atoms with Crippen LogP contribution in [0.1, 0.15) is 11.3 Å². The highest BCUT2D eigenvalue weighted by atomic mass is 35.5. The van der Waals surface area contributed by atoms with Crippen LogP contribution in [0, 0.1) is 0 Å². The maximum atomic E-state index is 13.2. The Labute approximate surface area is 153 Å². The predicted molar refractivity (Wildman–Crippen MR) is 85.7 cm³/mol. The molecule has 0 saturated carbocycles. The zero-order valence-corrected chi connectivity index (χ0v) is 13.9. The molecule has 3 rings (SSSR count). The molecule has 140 valence electrons. The van der Waals surface area contributed by atoms with Crippen LogP contribution in [0.4, 0.5) is 26.3 Å². The first-order valence-corrected chi connectivity index (χ1v) is 7.68. The lowest BCUT2D eigenvalue weighted by atomic mass is 10.1. The molecule has 2 heterocycles. The van der Waals surface area contributed by atoms with Crippen LogP contribution in [0.3, 0.4) is 0 Å². The third-order valence-corrected chi connectivity index (χ3v) is 3.69. The number of benzene rings is 1. The molecule has 0 N–H and O–H groups in total. The van der Waals surface area contributed by atoms with Gasteiger partial charge in [0.1, 0.15) is 10.8 Å². The minimum Gasteiger partial charge on any atom is -0.245 e. The van der Waals surface area contributed by atoms with E-state index in [0.717, 1.165) is 18.2 Å². The average Bonchev–Trinajstić information content (AvgIpc) is 2.60. The Balaban J connectivity index is 2.20. The van der Waals surface area contributed by atoms with Gasteiger partial charge in [-0.15, -0.1) is 0 Å². The largest absolute Gasteiger partial charge is 0.433 e. The van der Waals surface area contributed by atoms with Crippen molar-refractivity contribution in [1.82, 2.24) is 15.0 Å². The van der Waals surface area contributed by atoms with Crippen LogP contribution in [0.5, 0.6) is 0 Å². The predicted octanol–water partition coefficient (Wildman–Crippen LogP) is 5.90. The molecule has 27 heavy (non-hydrogen) atoms. The molecule has 0 bridgehead atoms. The molecular weight excluding hydrogens is 396 g/mol. The maximum absolute atomic E-state index is 13.2. The molecule has 0 unspecified atom stereocenters. The Morgan fingerprint density at radius 2 is 1.52 bits per heavy atom. The molecule has 0 amide bonds. The average molecular weight is 404 g/mol. The van der Waals surface area contributed by atoms with Gasteiger partial charge in [0.15, 0.2) is 5.82 Å². The molecule has 0 atom stereocenters. The number of rotatable bonds is 2. The van der Waals surface area contributed by atoms with E-state index in [1.165, 1.54) is 24.4 Å². The molecular formula is C17H8ClF6N3. The van der Waals surface area contributed by atoms with Gasteiger partial charge >= 0.3 is 12.4 Å². The second-order valence-electron chi connectivity index (χ2n) is 5.41. The Bertz CT molecular complexity index is 985. The number of pyridine rings is 1. The van der Waals surface area contributed by atoms with Crippen LogP contribution < -0.4 is 0 Å². The first-order valence-electron chi connectivity index (χ1n) is 7.30. The minimum absolute atomic E-state index is 0.00845. The van der Waals surface area contributed by atoms with E-state index >= 15 is 0 Å². The first-order chi connectivity index (χ1) is 12.5. The van der Waals surface area contributed by atoms with Crippen molar-refractivity contribution in [3.05, 3.63) is 65.1 Å². The Hall–Kier alpha value is -2.68. The second-order valence-corrected chi connectivity index (χ2v) is 5.79. The van der Waals surface area contributed by atoms with Gasteiger partial charge in [-0.25, -0.2) is 15.0 Å². The van der Waals surface area contributed by atoms with Gasteiger partial charge in [-0.2, -0.15) is 26.3 Å². The fraction of sp³-hybridized carbons (Fsp3) is 0.118. The van der Waals surface area contributed by atoms with E-state index < -0.39 is 23.6 Å². The summed E-state index contributed by atoms with van der Waals surface area (Å²) in [7, 11) is 0. The van der Waals surface area contributed by atoms with Crippen molar-refractivity contribution in [3.8, 4) is 22.6 Å². The highest BCUT2D eigenvalue weighted by Crippen LogP contribution is 2.35. The molecule has 2 aromatic heterocycles. The summed E-state index contributed by atoms with van der Waals surface area (Å²) in [6.45, 7) is 0. The molecule has 1 aromatic carbocycles. The minimum atomic E-state index is -4.81. The highest BCUT2D eigenvalue weighted by Gasteiger charge is 2.34. The van der Waals surface area contributed by atoms with Crippen LogP contribution in [0.25, 0.3) is 22.6 Å². The lowest BCUT2D eigenvalue weighted by molar-refractivity contribution is -0.141. The Morgan fingerprint density at radius 1 is 0.778 bits per heavy atom. The van der Waals surface area contributed by atoms with Crippen molar-refractivity contribution in [2.24, 2.45) is 0 Å². The van der Waals surface area contributed by atoms with Gasteiger partial charge in [0.05, 0.1) is 11.3 Å². The maximum Gasteiger partial charge on any atom is 0.433 e. The van der Waals surface area contributed by atoms with Crippen molar-refractivity contribution >= 4 is 11.6 Å². The standard InChI is InChI=1S/C17H8ClF6N3/c18-14-7-10(4-5-25-14)15-26-12(8-13(27-15)17(22,23)24)9-2-1-3-11(6-9)16(19,20)21/h1-8H. The summed E-state index contributed by atoms with van der Waals surface area (Å²) in [4.78, 5) is 11.2. The van der Waals surface area contributed by atoms with Crippen LogP contribution in [-0.2, 0) is 12.4 Å². The Kier molecular flexibility index (Phi) is 4.81. The normalized spacial score (nSPS) is 12.3. The molecule has 0 aliphatic heterocycles. The Morgan fingerprint density at radius 3 is 2.15 bits per heavy atom. The zero-order chi connectivity index (χ0) is 19.8. The summed E-state index contributed by atoms with van der Waals surface area (Å²) in [5.41, 5.74) is -2.56. The number of hydrogen-bond acceptors (Lipinski definition) is 3. The lowest BCUT2D eigenvalue weighted by Crippen LogP contribution is -2.10. The summed E-state index contributed by atoms with van der Waals surface area (Å²) in [5.74, 6) is -0.332. The summed E-state index contributed by atoms with van der Waals surface area (Å²) in [6.07, 6.45) is -8.20. The molecule has 0 spiro atoms. The topological polar surface area (TPSA) is 38.7 Å². The molecule has 10 heteroatoms. The van der Waals surface area contributed by atoms with Crippen molar-refractivity contribution in [2.45, 2.75) is 12.4 Å². The number of aromatic nitrogens is 3. The molecule has 3 nitrogen and oxygen atoms in total. The first kappa shape index (κ1) is 19.1. The van der Waals surface area contributed by atoms with E-state index in [9.17, 15) is 26.3 Å².